The number of urea groups is 1. The first-order valence-electron chi connectivity index (χ1n) is 10.4. The molecule has 7 nitrogen and oxygen atoms in total. The van der Waals surface area contributed by atoms with Crippen molar-refractivity contribution in [1.29, 1.82) is 0 Å². The van der Waals surface area contributed by atoms with E-state index in [-0.39, 0.29) is 27.8 Å². The van der Waals surface area contributed by atoms with Crippen LogP contribution in [0.15, 0.2) is 60.8 Å². The van der Waals surface area contributed by atoms with Crippen LogP contribution in [-0.2, 0) is 16.9 Å². The van der Waals surface area contributed by atoms with Gasteiger partial charge in [-0.25, -0.2) is 9.69 Å². The third kappa shape index (κ3) is 4.49. The molecule has 4 amide bonds. The predicted molar refractivity (Wildman–Crippen MR) is 127 cm³/mol. The monoisotopic (exact) mass is 536 g/mol. The summed E-state index contributed by atoms with van der Waals surface area (Å²) in [7, 11) is 0. The lowest BCUT2D eigenvalue weighted by Crippen LogP contribution is -2.55. The predicted octanol–water partition coefficient (Wildman–Crippen LogP) is 5.14. The highest BCUT2D eigenvalue weighted by Crippen LogP contribution is 2.46. The summed E-state index contributed by atoms with van der Waals surface area (Å²) >= 11 is 11.8. The van der Waals surface area contributed by atoms with Crippen LogP contribution in [0.1, 0.15) is 27.2 Å². The second kappa shape index (κ2) is 9.44. The highest BCUT2D eigenvalue weighted by atomic mass is 35.5. The molecule has 2 N–H and O–H groups in total. The van der Waals surface area contributed by atoms with Gasteiger partial charge in [-0.2, -0.15) is 13.2 Å². The number of pyridine rings is 1. The number of benzene rings is 2. The number of aryl methyl sites for hydroxylation is 1. The van der Waals surface area contributed by atoms with E-state index in [0.717, 1.165) is 12.1 Å². The van der Waals surface area contributed by atoms with Crippen LogP contribution in [0.25, 0.3) is 0 Å². The zero-order chi connectivity index (χ0) is 26.3. The molecule has 1 fully saturated rings. The number of anilines is 1. The van der Waals surface area contributed by atoms with E-state index in [1.165, 1.54) is 31.2 Å². The van der Waals surface area contributed by atoms with Gasteiger partial charge < -0.3 is 10.6 Å². The molecule has 2 heterocycles. The Morgan fingerprint density at radius 3 is 2.36 bits per heavy atom. The molecule has 2 aromatic carbocycles. The third-order valence-electron chi connectivity index (χ3n) is 5.61. The van der Waals surface area contributed by atoms with E-state index in [2.05, 4.69) is 10.3 Å². The fourth-order valence-corrected chi connectivity index (χ4v) is 4.42. The van der Waals surface area contributed by atoms with Crippen molar-refractivity contribution in [3.63, 3.8) is 0 Å². The topological polar surface area (TPSA) is 91.4 Å². The van der Waals surface area contributed by atoms with Crippen molar-refractivity contribution in [2.24, 2.45) is 0 Å². The molecule has 1 saturated heterocycles. The van der Waals surface area contributed by atoms with Crippen molar-refractivity contribution in [1.82, 2.24) is 15.6 Å². The maximum Gasteiger partial charge on any atom is 0.425 e. The van der Waals surface area contributed by atoms with E-state index in [1.807, 2.05) is 0 Å². The molecule has 1 aliphatic rings. The maximum atomic E-state index is 14.3. The lowest BCUT2D eigenvalue weighted by Gasteiger charge is -2.29. The van der Waals surface area contributed by atoms with Gasteiger partial charge >= 0.3 is 12.2 Å². The van der Waals surface area contributed by atoms with Crippen LogP contribution in [0.5, 0.6) is 0 Å². The van der Waals surface area contributed by atoms with Gasteiger partial charge in [-0.1, -0.05) is 29.3 Å². The molecular weight excluding hydrogens is 520 g/mol. The average molecular weight is 537 g/mol. The zero-order valence-corrected chi connectivity index (χ0v) is 20.0. The van der Waals surface area contributed by atoms with Gasteiger partial charge in [0.25, 0.3) is 11.8 Å². The minimum absolute atomic E-state index is 0.140. The Labute approximate surface area is 213 Å². The van der Waals surface area contributed by atoms with E-state index >= 15 is 0 Å². The molecule has 36 heavy (non-hydrogen) atoms. The first kappa shape index (κ1) is 25.5. The Morgan fingerprint density at radius 2 is 1.78 bits per heavy atom. The second-order valence-corrected chi connectivity index (χ2v) is 8.85. The van der Waals surface area contributed by atoms with Gasteiger partial charge in [-0.05, 0) is 66.6 Å². The summed E-state index contributed by atoms with van der Waals surface area (Å²) in [5.74, 6) is -2.04. The molecule has 0 radical (unpaired) electrons. The van der Waals surface area contributed by atoms with Gasteiger partial charge in [0, 0.05) is 21.8 Å². The number of alkyl halides is 3. The summed E-state index contributed by atoms with van der Waals surface area (Å²) in [5.41, 5.74) is -2.99. The second-order valence-electron chi connectivity index (χ2n) is 7.98. The fraction of sp³-hybridized carbons (Fsp3) is 0.167. The lowest BCUT2D eigenvalue weighted by atomic mass is 9.88. The van der Waals surface area contributed by atoms with Crippen LogP contribution in [0.3, 0.4) is 0 Å². The number of hydrogen-bond donors (Lipinski definition) is 2. The molecule has 1 atom stereocenters. The number of nitrogens with zero attached hydrogens (tertiary/aromatic N) is 2. The number of halogens is 5. The minimum atomic E-state index is -5.22. The Bertz CT molecular complexity index is 1350. The molecule has 12 heteroatoms. The van der Waals surface area contributed by atoms with Gasteiger partial charge in [0.2, 0.25) is 5.54 Å². The number of carbonyl (C=O) groups is 3. The smallest absolute Gasteiger partial charge is 0.346 e. The van der Waals surface area contributed by atoms with Crippen molar-refractivity contribution >= 4 is 46.7 Å². The number of nitrogens with one attached hydrogen (secondary N) is 2. The molecule has 0 spiro atoms. The molecule has 1 aromatic heterocycles. The third-order valence-corrected chi connectivity index (χ3v) is 6.05. The molecule has 186 valence electrons. The zero-order valence-electron chi connectivity index (χ0n) is 18.5. The van der Waals surface area contributed by atoms with Gasteiger partial charge in [-0.3, -0.25) is 14.6 Å². The number of aromatic nitrogens is 1. The van der Waals surface area contributed by atoms with Crippen molar-refractivity contribution in [3.8, 4) is 0 Å². The highest BCUT2D eigenvalue weighted by molar-refractivity contribution is 6.35. The van der Waals surface area contributed by atoms with Crippen LogP contribution in [-0.4, -0.2) is 29.0 Å². The highest BCUT2D eigenvalue weighted by Gasteiger charge is 2.69. The van der Waals surface area contributed by atoms with Gasteiger partial charge in [0.05, 0.1) is 17.9 Å². The van der Waals surface area contributed by atoms with Crippen LogP contribution < -0.4 is 15.5 Å². The van der Waals surface area contributed by atoms with Crippen molar-refractivity contribution in [2.45, 2.75) is 25.2 Å². The SMILES string of the molecule is Cc1cc(N2C(=O)NC(c3cc(Cl)cc(Cl)c3)(C(F)(F)F)C2=O)ccc1C(=O)NCc1ccccn1. The Balaban J connectivity index is 1.65. The number of imide groups is 1. The molecule has 1 unspecified atom stereocenters. The van der Waals surface area contributed by atoms with Crippen LogP contribution in [0.4, 0.5) is 23.7 Å². The number of carbonyl (C=O) groups excluding carboxylic acids is 3. The fourth-order valence-electron chi connectivity index (χ4n) is 3.90. The first-order chi connectivity index (χ1) is 16.9. The summed E-state index contributed by atoms with van der Waals surface area (Å²) in [4.78, 5) is 43.1. The van der Waals surface area contributed by atoms with Gasteiger partial charge in [0.1, 0.15) is 0 Å². The van der Waals surface area contributed by atoms with Crippen molar-refractivity contribution in [2.75, 3.05) is 4.90 Å². The van der Waals surface area contributed by atoms with E-state index in [0.29, 0.717) is 16.2 Å². The molecular formula is C24H17Cl2F3N4O3. The normalized spacial score (nSPS) is 17.8. The Kier molecular flexibility index (Phi) is 6.68. The Hall–Kier alpha value is -3.63. The summed E-state index contributed by atoms with van der Waals surface area (Å²) < 4.78 is 43.0. The van der Waals surface area contributed by atoms with Crippen molar-refractivity contribution < 1.29 is 27.6 Å². The Morgan fingerprint density at radius 1 is 1.08 bits per heavy atom. The van der Waals surface area contributed by atoms with Crippen LogP contribution >= 0.6 is 23.2 Å². The van der Waals surface area contributed by atoms with Gasteiger partial charge in [-0.15, -0.1) is 0 Å². The maximum absolute atomic E-state index is 14.3. The quantitative estimate of drug-likeness (QED) is 0.441. The molecule has 4 rings (SSSR count). The summed E-state index contributed by atoms with van der Waals surface area (Å²) in [6.07, 6.45) is -3.64. The summed E-state index contributed by atoms with van der Waals surface area (Å²) in [6.45, 7) is 1.69. The average Bonchev–Trinajstić information content (AvgIpc) is 3.08. The van der Waals surface area contributed by atoms with Crippen LogP contribution in [0, 0.1) is 6.92 Å². The summed E-state index contributed by atoms with van der Waals surface area (Å²) in [6, 6.07) is 10.8. The van der Waals surface area contributed by atoms with E-state index < -0.39 is 35.1 Å². The largest absolute Gasteiger partial charge is 0.425 e. The van der Waals surface area contributed by atoms with E-state index in [1.54, 1.807) is 29.7 Å². The first-order valence-corrected chi connectivity index (χ1v) is 11.2. The van der Waals surface area contributed by atoms with Gasteiger partial charge in [0.15, 0.2) is 0 Å². The summed E-state index contributed by atoms with van der Waals surface area (Å²) in [5, 5.41) is 4.19. The molecule has 0 bridgehead atoms. The van der Waals surface area contributed by atoms with Crippen LogP contribution in [0.2, 0.25) is 10.0 Å². The number of amides is 4. The van der Waals surface area contributed by atoms with E-state index in [9.17, 15) is 27.6 Å². The molecule has 0 aliphatic carbocycles. The molecule has 3 aromatic rings. The lowest BCUT2D eigenvalue weighted by molar-refractivity contribution is -0.195. The van der Waals surface area contributed by atoms with E-state index in [4.69, 9.17) is 23.2 Å². The molecule has 0 saturated carbocycles. The van der Waals surface area contributed by atoms with Crippen molar-refractivity contribution in [3.05, 3.63) is 93.2 Å². The molecule has 1 aliphatic heterocycles. The minimum Gasteiger partial charge on any atom is -0.346 e. The standard InChI is InChI=1S/C24H17Cl2F3N4O3/c1-13-8-18(5-6-19(13)20(34)31-12-17-4-2-3-7-30-17)33-21(35)23(24(27,28)29,32-22(33)36)14-9-15(25)11-16(26)10-14/h2-11H,12H2,1H3,(H,31,34)(H,32,36). The number of hydrogen-bond acceptors (Lipinski definition) is 4. The number of rotatable bonds is 5.